The highest BCUT2D eigenvalue weighted by molar-refractivity contribution is 5.94. The maximum Gasteiger partial charge on any atom is 0.269 e. The van der Waals surface area contributed by atoms with Crippen molar-refractivity contribution in [2.24, 2.45) is 0 Å². The van der Waals surface area contributed by atoms with Gasteiger partial charge in [-0.2, -0.15) is 0 Å². The molecule has 0 N–H and O–H groups in total. The lowest BCUT2D eigenvalue weighted by Gasteiger charge is -2.31. The number of non-ortho nitro benzene ring substituents is 1. The first kappa shape index (κ1) is 28.7. The zero-order valence-electron chi connectivity index (χ0n) is 22.0. The molecule has 1 aliphatic heterocycles. The second kappa shape index (κ2) is 14.2. The molecule has 0 atom stereocenters. The van der Waals surface area contributed by atoms with Gasteiger partial charge in [-0.15, -0.1) is 0 Å². The van der Waals surface area contributed by atoms with E-state index in [0.717, 1.165) is 18.7 Å². The van der Waals surface area contributed by atoms with Crippen molar-refractivity contribution in [3.63, 3.8) is 0 Å². The van der Waals surface area contributed by atoms with Gasteiger partial charge < -0.3 is 19.0 Å². The van der Waals surface area contributed by atoms with Gasteiger partial charge in [0, 0.05) is 50.9 Å². The van der Waals surface area contributed by atoms with Crippen LogP contribution >= 0.6 is 0 Å². The Morgan fingerprint density at radius 1 is 1.00 bits per heavy atom. The molecule has 2 aromatic carbocycles. The first-order chi connectivity index (χ1) is 19.4. The van der Waals surface area contributed by atoms with Crippen LogP contribution in [0, 0.1) is 15.9 Å². The average molecular weight is 551 g/mol. The Balaban J connectivity index is 1.49. The van der Waals surface area contributed by atoms with Crippen molar-refractivity contribution >= 4 is 23.6 Å². The molecule has 0 radical (unpaired) electrons. The highest BCUT2D eigenvalue weighted by Gasteiger charge is 2.23. The Hall–Kier alpha value is -4.35. The SMILES string of the molecule is O=C(C=Cc1ccc([N+](=O)[O-])cc1)N(CCN1CCOCC1)CC(=O)N(Cc1ccc(F)cc1)Cc1ccco1. The fourth-order valence-corrected chi connectivity index (χ4v) is 4.23. The number of benzene rings is 2. The second-order valence-electron chi connectivity index (χ2n) is 9.35. The lowest BCUT2D eigenvalue weighted by molar-refractivity contribution is -0.384. The molecule has 40 heavy (non-hydrogen) atoms. The Kier molecular flexibility index (Phi) is 10.1. The molecule has 11 heteroatoms. The van der Waals surface area contributed by atoms with E-state index in [9.17, 15) is 24.1 Å². The van der Waals surface area contributed by atoms with Crippen LogP contribution < -0.4 is 0 Å². The minimum Gasteiger partial charge on any atom is -0.467 e. The van der Waals surface area contributed by atoms with Gasteiger partial charge >= 0.3 is 0 Å². The van der Waals surface area contributed by atoms with Crippen molar-refractivity contribution in [2.75, 3.05) is 45.9 Å². The van der Waals surface area contributed by atoms with E-state index in [2.05, 4.69) is 4.90 Å². The van der Waals surface area contributed by atoms with Crippen LogP contribution in [0.3, 0.4) is 0 Å². The molecule has 1 aliphatic rings. The predicted molar refractivity (Wildman–Crippen MR) is 145 cm³/mol. The number of nitro groups is 1. The highest BCUT2D eigenvalue weighted by atomic mass is 19.1. The van der Waals surface area contributed by atoms with Crippen LogP contribution in [-0.4, -0.2) is 77.4 Å². The molecule has 0 unspecified atom stereocenters. The molecule has 0 saturated carbocycles. The first-order valence-electron chi connectivity index (χ1n) is 12.9. The molecule has 0 aliphatic carbocycles. The Labute approximate surface area is 231 Å². The number of amides is 2. The van der Waals surface area contributed by atoms with Crippen LogP contribution in [0.5, 0.6) is 0 Å². The van der Waals surface area contributed by atoms with Gasteiger partial charge in [-0.3, -0.25) is 24.6 Å². The maximum absolute atomic E-state index is 13.6. The summed E-state index contributed by atoms with van der Waals surface area (Å²) in [6.45, 7) is 3.83. The smallest absolute Gasteiger partial charge is 0.269 e. The number of halogens is 1. The van der Waals surface area contributed by atoms with Crippen LogP contribution in [0.1, 0.15) is 16.9 Å². The van der Waals surface area contributed by atoms with Gasteiger partial charge in [0.25, 0.3) is 5.69 Å². The molecule has 1 saturated heterocycles. The van der Waals surface area contributed by atoms with Crippen molar-refractivity contribution in [3.05, 3.63) is 106 Å². The van der Waals surface area contributed by atoms with Crippen molar-refractivity contribution in [1.82, 2.24) is 14.7 Å². The number of ether oxygens (including phenoxy) is 1. The molecule has 0 spiro atoms. The van der Waals surface area contributed by atoms with Crippen LogP contribution in [0.15, 0.2) is 77.4 Å². The highest BCUT2D eigenvalue weighted by Crippen LogP contribution is 2.15. The number of morpholine rings is 1. The summed E-state index contributed by atoms with van der Waals surface area (Å²) in [6.07, 6.45) is 4.46. The van der Waals surface area contributed by atoms with E-state index >= 15 is 0 Å². The van der Waals surface area contributed by atoms with Gasteiger partial charge in [0.05, 0.1) is 30.9 Å². The number of carbonyl (C=O) groups excluding carboxylic acids is 2. The van der Waals surface area contributed by atoms with E-state index in [1.54, 1.807) is 47.4 Å². The molecule has 2 heterocycles. The van der Waals surface area contributed by atoms with E-state index in [1.165, 1.54) is 41.5 Å². The number of hydrogen-bond donors (Lipinski definition) is 0. The lowest BCUT2D eigenvalue weighted by Crippen LogP contribution is -2.46. The van der Waals surface area contributed by atoms with Crippen LogP contribution in [0.25, 0.3) is 6.08 Å². The molecule has 210 valence electrons. The monoisotopic (exact) mass is 550 g/mol. The molecular formula is C29H31FN4O6. The topological polar surface area (TPSA) is 109 Å². The van der Waals surface area contributed by atoms with Gasteiger partial charge in [-0.05, 0) is 53.6 Å². The fraction of sp³-hybridized carbons (Fsp3) is 0.310. The maximum atomic E-state index is 13.6. The number of nitrogens with zero attached hydrogens (tertiary/aromatic N) is 4. The summed E-state index contributed by atoms with van der Waals surface area (Å²) in [7, 11) is 0. The summed E-state index contributed by atoms with van der Waals surface area (Å²) in [5.74, 6) is -0.438. The largest absolute Gasteiger partial charge is 0.467 e. The zero-order chi connectivity index (χ0) is 28.3. The minimum atomic E-state index is -0.488. The average Bonchev–Trinajstić information content (AvgIpc) is 3.48. The molecular weight excluding hydrogens is 519 g/mol. The first-order valence-corrected chi connectivity index (χ1v) is 12.9. The van der Waals surface area contributed by atoms with Crippen molar-refractivity contribution < 1.29 is 28.1 Å². The number of rotatable bonds is 12. The third kappa shape index (κ3) is 8.58. The number of carbonyl (C=O) groups is 2. The summed E-state index contributed by atoms with van der Waals surface area (Å²) in [4.78, 5) is 42.5. The van der Waals surface area contributed by atoms with E-state index in [0.29, 0.717) is 37.6 Å². The van der Waals surface area contributed by atoms with Gasteiger partial charge in [0.2, 0.25) is 11.8 Å². The Morgan fingerprint density at radius 2 is 1.73 bits per heavy atom. The van der Waals surface area contributed by atoms with Crippen LogP contribution in [0.2, 0.25) is 0 Å². The second-order valence-corrected chi connectivity index (χ2v) is 9.35. The number of furan rings is 1. The zero-order valence-corrected chi connectivity index (χ0v) is 22.0. The molecule has 4 rings (SSSR count). The van der Waals surface area contributed by atoms with Gasteiger partial charge in [0.1, 0.15) is 18.1 Å². The fourth-order valence-electron chi connectivity index (χ4n) is 4.23. The van der Waals surface area contributed by atoms with Crippen LogP contribution in [0.4, 0.5) is 10.1 Å². The molecule has 1 fully saturated rings. The summed E-state index contributed by atoms with van der Waals surface area (Å²) >= 11 is 0. The quantitative estimate of drug-likeness (QED) is 0.192. The van der Waals surface area contributed by atoms with Crippen molar-refractivity contribution in [3.8, 4) is 0 Å². The molecule has 0 bridgehead atoms. The normalized spacial score (nSPS) is 13.8. The Bertz CT molecular complexity index is 1290. The summed E-state index contributed by atoms with van der Waals surface area (Å²) in [6, 6.07) is 15.3. The number of nitro benzene ring substituents is 1. The number of hydrogen-bond acceptors (Lipinski definition) is 7. The predicted octanol–water partition coefficient (Wildman–Crippen LogP) is 3.73. The third-order valence-corrected chi connectivity index (χ3v) is 6.52. The molecule has 3 aromatic rings. The summed E-state index contributed by atoms with van der Waals surface area (Å²) < 4.78 is 24.3. The van der Waals surface area contributed by atoms with E-state index in [-0.39, 0.29) is 43.0 Å². The molecule has 2 amide bonds. The van der Waals surface area contributed by atoms with Gasteiger partial charge in [-0.1, -0.05) is 12.1 Å². The Morgan fingerprint density at radius 3 is 2.38 bits per heavy atom. The summed E-state index contributed by atoms with van der Waals surface area (Å²) in [5, 5.41) is 10.9. The van der Waals surface area contributed by atoms with Crippen LogP contribution in [-0.2, 0) is 27.4 Å². The van der Waals surface area contributed by atoms with Crippen molar-refractivity contribution in [2.45, 2.75) is 13.1 Å². The summed E-state index contributed by atoms with van der Waals surface area (Å²) in [5.41, 5.74) is 1.32. The van der Waals surface area contributed by atoms with E-state index in [1.807, 2.05) is 0 Å². The molecule has 1 aromatic heterocycles. The van der Waals surface area contributed by atoms with Gasteiger partial charge in [0.15, 0.2) is 0 Å². The van der Waals surface area contributed by atoms with E-state index < -0.39 is 4.92 Å². The lowest BCUT2D eigenvalue weighted by atomic mass is 10.2. The van der Waals surface area contributed by atoms with Gasteiger partial charge in [-0.25, -0.2) is 4.39 Å². The third-order valence-electron chi connectivity index (χ3n) is 6.52. The molecule has 10 nitrogen and oxygen atoms in total. The minimum absolute atomic E-state index is 0.0426. The standard InChI is InChI=1S/C29H31FN4O6/c30-25-8-3-24(4-9-25)20-33(21-27-2-1-17-40-27)29(36)22-32(14-13-31-15-18-39-19-16-31)28(35)12-7-23-5-10-26(11-6-23)34(37)38/h1-12,17H,13-16,18-22H2. The van der Waals surface area contributed by atoms with E-state index in [4.69, 9.17) is 9.15 Å². The van der Waals surface area contributed by atoms with Crippen molar-refractivity contribution in [1.29, 1.82) is 0 Å².